The number of carbonyl (C=O) groups excluding carboxylic acids is 1. The number of rotatable bonds is 4. The molecule has 1 rings (SSSR count). The third-order valence-electron chi connectivity index (χ3n) is 1.99. The highest BCUT2D eigenvalue weighted by molar-refractivity contribution is 5.91. The van der Waals surface area contributed by atoms with E-state index in [1.54, 1.807) is 0 Å². The second-order valence-electron chi connectivity index (χ2n) is 3.24. The lowest BCUT2D eigenvalue weighted by molar-refractivity contribution is -0.122. The topological polar surface area (TPSA) is 117 Å². The van der Waals surface area contributed by atoms with Gasteiger partial charge in [0.15, 0.2) is 0 Å². The van der Waals surface area contributed by atoms with Crippen molar-refractivity contribution in [3.8, 4) is 0 Å². The van der Waals surface area contributed by atoms with Gasteiger partial charge in [-0.2, -0.15) is 0 Å². The number of carbonyl (C=O) groups is 1. The first-order valence-corrected chi connectivity index (χ1v) is 4.52. The zero-order valence-electron chi connectivity index (χ0n) is 7.92. The number of nitrogens with two attached hydrogens (primary N) is 2. The van der Waals surface area contributed by atoms with E-state index < -0.39 is 0 Å². The molecule has 1 aliphatic heterocycles. The molecule has 6 N–H and O–H groups in total. The lowest BCUT2D eigenvalue weighted by Gasteiger charge is -2.07. The average molecular weight is 197 g/mol. The summed E-state index contributed by atoms with van der Waals surface area (Å²) >= 11 is 0. The summed E-state index contributed by atoms with van der Waals surface area (Å²) < 4.78 is 0. The number of aliphatic imine (C=N–C) groups is 1. The molecule has 0 spiro atoms. The van der Waals surface area contributed by atoms with Crippen LogP contribution in [0.25, 0.3) is 0 Å². The van der Waals surface area contributed by atoms with Gasteiger partial charge >= 0.3 is 0 Å². The Morgan fingerprint density at radius 1 is 1.71 bits per heavy atom. The molecule has 6 nitrogen and oxygen atoms in total. The normalized spacial score (nSPS) is 20.3. The third kappa shape index (κ3) is 3.04. The molecule has 0 saturated heterocycles. The minimum absolute atomic E-state index is 0.0692. The van der Waals surface area contributed by atoms with Gasteiger partial charge in [-0.05, 0) is 6.42 Å². The zero-order valence-corrected chi connectivity index (χ0v) is 7.92. The third-order valence-corrected chi connectivity index (χ3v) is 1.99. The maximum atomic E-state index is 11.4. The molecular weight excluding hydrogens is 182 g/mol. The number of hydrogen-bond acceptors (Lipinski definition) is 4. The molecule has 0 fully saturated rings. The van der Waals surface area contributed by atoms with Gasteiger partial charge in [0, 0.05) is 19.4 Å². The molecule has 0 saturated carbocycles. The molecule has 6 heteroatoms. The number of amides is 1. The molecule has 0 bridgehead atoms. The van der Waals surface area contributed by atoms with Crippen molar-refractivity contribution >= 4 is 17.6 Å². The Bertz CT molecular complexity index is 273. The predicted molar refractivity (Wildman–Crippen MR) is 54.2 cm³/mol. The highest BCUT2D eigenvalue weighted by Crippen LogP contribution is 2.10. The van der Waals surface area contributed by atoms with Crippen LogP contribution < -0.4 is 16.8 Å². The maximum Gasteiger partial charge on any atom is 0.244 e. The van der Waals surface area contributed by atoms with Crippen LogP contribution in [0.4, 0.5) is 0 Å². The van der Waals surface area contributed by atoms with E-state index in [2.05, 4.69) is 10.3 Å². The Morgan fingerprint density at radius 2 is 2.43 bits per heavy atom. The number of amidine groups is 2. The molecule has 1 aliphatic rings. The molecule has 0 aliphatic carbocycles. The lowest BCUT2D eigenvalue weighted by Crippen LogP contribution is -2.34. The van der Waals surface area contributed by atoms with E-state index in [1.807, 2.05) is 0 Å². The molecule has 1 amide bonds. The molecule has 0 aromatic rings. The van der Waals surface area contributed by atoms with Crippen molar-refractivity contribution in [2.75, 3.05) is 6.54 Å². The first kappa shape index (κ1) is 10.5. The Kier molecular flexibility index (Phi) is 3.44. The van der Waals surface area contributed by atoms with E-state index in [-0.39, 0.29) is 17.8 Å². The number of nitrogens with one attached hydrogen (secondary N) is 2. The standard InChI is InChI=1S/C8H15N5O/c9-6(10)3-4-12-8(14)5-1-2-7(11)13-5/h5H,1-4H2,(H3,9,10)(H2,11,13)(H,12,14)/t5-/m0/s1. The molecule has 0 unspecified atom stereocenters. The largest absolute Gasteiger partial charge is 0.388 e. The smallest absolute Gasteiger partial charge is 0.244 e. The maximum absolute atomic E-state index is 11.4. The van der Waals surface area contributed by atoms with Crippen molar-refractivity contribution < 1.29 is 4.79 Å². The molecule has 1 atom stereocenters. The summed E-state index contributed by atoms with van der Waals surface area (Å²) in [5.41, 5.74) is 10.6. The second-order valence-corrected chi connectivity index (χ2v) is 3.24. The summed E-state index contributed by atoms with van der Waals surface area (Å²) in [7, 11) is 0. The summed E-state index contributed by atoms with van der Waals surface area (Å²) in [5.74, 6) is 0.475. The van der Waals surface area contributed by atoms with Gasteiger partial charge in [0.25, 0.3) is 0 Å². The van der Waals surface area contributed by atoms with E-state index >= 15 is 0 Å². The Morgan fingerprint density at radius 3 is 2.93 bits per heavy atom. The van der Waals surface area contributed by atoms with Gasteiger partial charge in [-0.25, -0.2) is 0 Å². The fourth-order valence-electron chi connectivity index (χ4n) is 1.24. The first-order chi connectivity index (χ1) is 6.59. The zero-order chi connectivity index (χ0) is 10.6. The van der Waals surface area contributed by atoms with Crippen LogP contribution in [0.15, 0.2) is 4.99 Å². The van der Waals surface area contributed by atoms with Crippen LogP contribution >= 0.6 is 0 Å². The van der Waals surface area contributed by atoms with Gasteiger partial charge in [0.2, 0.25) is 5.91 Å². The molecular formula is C8H15N5O. The van der Waals surface area contributed by atoms with Crippen LogP contribution in [-0.4, -0.2) is 30.2 Å². The summed E-state index contributed by atoms with van der Waals surface area (Å²) in [6.07, 6.45) is 1.74. The predicted octanol–water partition coefficient (Wildman–Crippen LogP) is -1.05. The Labute approximate surface area is 82.3 Å². The van der Waals surface area contributed by atoms with Crippen LogP contribution in [0.1, 0.15) is 19.3 Å². The van der Waals surface area contributed by atoms with Gasteiger partial charge in [-0.1, -0.05) is 0 Å². The van der Waals surface area contributed by atoms with Crippen molar-refractivity contribution in [1.29, 1.82) is 5.41 Å². The van der Waals surface area contributed by atoms with Crippen LogP contribution in [0.5, 0.6) is 0 Å². The van der Waals surface area contributed by atoms with E-state index in [1.165, 1.54) is 0 Å². The monoisotopic (exact) mass is 197 g/mol. The van der Waals surface area contributed by atoms with Gasteiger partial charge in [0.1, 0.15) is 6.04 Å². The SMILES string of the molecule is N=C(N)CCNC(=O)[C@@H]1CCC(N)=N1. The van der Waals surface area contributed by atoms with Crippen molar-refractivity contribution in [3.05, 3.63) is 0 Å². The van der Waals surface area contributed by atoms with Gasteiger partial charge < -0.3 is 16.8 Å². The van der Waals surface area contributed by atoms with E-state index in [4.69, 9.17) is 16.9 Å². The molecule has 0 aromatic heterocycles. The molecule has 78 valence electrons. The molecule has 0 radical (unpaired) electrons. The fourth-order valence-corrected chi connectivity index (χ4v) is 1.24. The lowest BCUT2D eigenvalue weighted by atomic mass is 10.2. The van der Waals surface area contributed by atoms with E-state index in [9.17, 15) is 4.79 Å². The summed E-state index contributed by atoms with van der Waals surface area (Å²) in [6, 6.07) is -0.345. The van der Waals surface area contributed by atoms with Gasteiger partial charge in [0.05, 0.1) is 11.7 Å². The summed E-state index contributed by atoms with van der Waals surface area (Å²) in [6.45, 7) is 0.389. The molecule has 14 heavy (non-hydrogen) atoms. The van der Waals surface area contributed by atoms with Gasteiger partial charge in [-0.3, -0.25) is 15.2 Å². The average Bonchev–Trinajstić information content (AvgIpc) is 2.51. The minimum Gasteiger partial charge on any atom is -0.388 e. The Balaban J connectivity index is 2.25. The van der Waals surface area contributed by atoms with Crippen LogP contribution in [0.3, 0.4) is 0 Å². The van der Waals surface area contributed by atoms with Crippen molar-refractivity contribution in [2.45, 2.75) is 25.3 Å². The highest BCUT2D eigenvalue weighted by Gasteiger charge is 2.22. The summed E-state index contributed by atoms with van der Waals surface area (Å²) in [5, 5.41) is 9.61. The van der Waals surface area contributed by atoms with Crippen molar-refractivity contribution in [3.63, 3.8) is 0 Å². The van der Waals surface area contributed by atoms with E-state index in [0.717, 1.165) is 0 Å². The first-order valence-electron chi connectivity index (χ1n) is 4.52. The highest BCUT2D eigenvalue weighted by atomic mass is 16.2. The van der Waals surface area contributed by atoms with Crippen LogP contribution in [-0.2, 0) is 4.79 Å². The van der Waals surface area contributed by atoms with Crippen molar-refractivity contribution in [2.24, 2.45) is 16.5 Å². The fraction of sp³-hybridized carbons (Fsp3) is 0.625. The number of hydrogen-bond donors (Lipinski definition) is 4. The summed E-state index contributed by atoms with van der Waals surface area (Å²) in [4.78, 5) is 15.4. The molecule has 1 heterocycles. The number of nitrogens with zero attached hydrogens (tertiary/aromatic N) is 1. The van der Waals surface area contributed by atoms with Crippen LogP contribution in [0, 0.1) is 5.41 Å². The molecule has 0 aromatic carbocycles. The van der Waals surface area contributed by atoms with E-state index in [0.29, 0.717) is 31.6 Å². The van der Waals surface area contributed by atoms with Crippen LogP contribution in [0.2, 0.25) is 0 Å². The second kappa shape index (κ2) is 4.59. The van der Waals surface area contributed by atoms with Gasteiger partial charge in [-0.15, -0.1) is 0 Å². The minimum atomic E-state index is -0.345. The van der Waals surface area contributed by atoms with Crippen molar-refractivity contribution in [1.82, 2.24) is 5.32 Å². The Hall–Kier alpha value is -1.59. The quantitative estimate of drug-likeness (QED) is 0.340.